The van der Waals surface area contributed by atoms with Gasteiger partial charge in [-0.15, -0.1) is 0 Å². The Balaban J connectivity index is 1.96. The third-order valence-corrected chi connectivity index (χ3v) is 3.06. The Morgan fingerprint density at radius 3 is 2.67 bits per heavy atom. The molecule has 0 spiro atoms. The Labute approximate surface area is 119 Å². The first kappa shape index (κ1) is 15.6. The highest BCUT2D eigenvalue weighted by atomic mass is 19.4. The molecule has 0 unspecified atom stereocenters. The Morgan fingerprint density at radius 1 is 1.38 bits per heavy atom. The van der Waals surface area contributed by atoms with E-state index in [-0.39, 0.29) is 36.3 Å². The summed E-state index contributed by atoms with van der Waals surface area (Å²) in [6, 6.07) is 3.58. The van der Waals surface area contributed by atoms with Crippen molar-refractivity contribution in [1.29, 1.82) is 0 Å². The molecule has 1 fully saturated rings. The van der Waals surface area contributed by atoms with Crippen molar-refractivity contribution in [2.45, 2.75) is 38.1 Å². The smallest absolute Gasteiger partial charge is 0.419 e. The molecule has 116 valence electrons. The van der Waals surface area contributed by atoms with Crippen LogP contribution in [-0.4, -0.2) is 23.7 Å². The minimum absolute atomic E-state index is 0.00947. The predicted molar refractivity (Wildman–Crippen MR) is 68.6 cm³/mol. The first-order chi connectivity index (χ1) is 9.90. The van der Waals surface area contributed by atoms with E-state index in [1.807, 2.05) is 0 Å². The summed E-state index contributed by atoms with van der Waals surface area (Å²) < 4.78 is 43.7. The van der Waals surface area contributed by atoms with Gasteiger partial charge in [-0.05, 0) is 30.5 Å². The van der Waals surface area contributed by atoms with Crippen LogP contribution in [0.25, 0.3) is 0 Å². The monoisotopic (exact) mass is 303 g/mol. The molecule has 0 bridgehead atoms. The molecule has 1 saturated carbocycles. The van der Waals surface area contributed by atoms with Crippen molar-refractivity contribution in [1.82, 2.24) is 5.32 Å². The van der Waals surface area contributed by atoms with Gasteiger partial charge in [0, 0.05) is 6.04 Å². The number of nitrogens with one attached hydrogen (secondary N) is 1. The molecule has 1 aliphatic rings. The van der Waals surface area contributed by atoms with Crippen molar-refractivity contribution in [2.75, 3.05) is 6.61 Å². The van der Waals surface area contributed by atoms with Gasteiger partial charge in [-0.3, -0.25) is 4.79 Å². The van der Waals surface area contributed by atoms with Crippen molar-refractivity contribution in [2.24, 2.45) is 0 Å². The number of hydrogen-bond acceptors (Lipinski definition) is 3. The van der Waals surface area contributed by atoms with E-state index in [2.05, 4.69) is 5.32 Å². The van der Waals surface area contributed by atoms with Gasteiger partial charge in [0.25, 0.3) is 0 Å². The van der Waals surface area contributed by atoms with Crippen LogP contribution in [0.4, 0.5) is 13.2 Å². The van der Waals surface area contributed by atoms with Crippen molar-refractivity contribution in [3.05, 3.63) is 29.3 Å². The van der Waals surface area contributed by atoms with E-state index in [0.717, 1.165) is 25.0 Å². The number of hydrogen-bond donors (Lipinski definition) is 2. The second-order valence-corrected chi connectivity index (χ2v) is 4.93. The molecular formula is C14H16F3NO3. The zero-order valence-corrected chi connectivity index (χ0v) is 11.2. The summed E-state index contributed by atoms with van der Waals surface area (Å²) >= 11 is 0. The van der Waals surface area contributed by atoms with E-state index in [4.69, 9.17) is 9.84 Å². The molecule has 4 nitrogen and oxygen atoms in total. The summed E-state index contributed by atoms with van der Waals surface area (Å²) in [6.07, 6.45) is -2.66. The van der Waals surface area contributed by atoms with Gasteiger partial charge in [0.2, 0.25) is 5.91 Å². The summed E-state index contributed by atoms with van der Waals surface area (Å²) in [4.78, 5) is 11.4. The van der Waals surface area contributed by atoms with Crippen molar-refractivity contribution < 1.29 is 27.8 Å². The van der Waals surface area contributed by atoms with Crippen LogP contribution < -0.4 is 10.1 Å². The van der Waals surface area contributed by atoms with Crippen molar-refractivity contribution in [3.63, 3.8) is 0 Å². The van der Waals surface area contributed by atoms with Gasteiger partial charge in [0.15, 0.2) is 0 Å². The van der Waals surface area contributed by atoms with Gasteiger partial charge in [-0.2, -0.15) is 13.2 Å². The van der Waals surface area contributed by atoms with E-state index in [1.165, 1.54) is 6.07 Å². The molecule has 2 rings (SSSR count). The Hall–Kier alpha value is -1.76. The highest BCUT2D eigenvalue weighted by molar-refractivity contribution is 5.76. The highest BCUT2D eigenvalue weighted by Gasteiger charge is 2.34. The first-order valence-electron chi connectivity index (χ1n) is 6.63. The number of aliphatic hydroxyl groups excluding tert-OH is 1. The highest BCUT2D eigenvalue weighted by Crippen LogP contribution is 2.36. The summed E-state index contributed by atoms with van der Waals surface area (Å²) in [5, 5.41) is 11.6. The predicted octanol–water partition coefficient (Wildman–Crippen LogP) is 2.25. The molecule has 1 aliphatic carbocycles. The molecule has 0 radical (unpaired) electrons. The molecular weight excluding hydrogens is 287 g/mol. The molecule has 1 amide bonds. The Morgan fingerprint density at radius 2 is 2.10 bits per heavy atom. The standard InChI is InChI=1S/C14H16F3NO3/c15-14(16,17)11-7-9(8-19)1-4-12(11)21-6-5-13(20)18-10-2-3-10/h1,4,7,10,19H,2-3,5-6,8H2,(H,18,20). The van der Waals surface area contributed by atoms with E-state index < -0.39 is 18.3 Å². The maximum atomic E-state index is 12.9. The average molecular weight is 303 g/mol. The van der Waals surface area contributed by atoms with E-state index in [1.54, 1.807) is 0 Å². The van der Waals surface area contributed by atoms with Crippen LogP contribution in [0.3, 0.4) is 0 Å². The van der Waals surface area contributed by atoms with Gasteiger partial charge in [0.1, 0.15) is 5.75 Å². The number of halogens is 3. The number of aliphatic hydroxyl groups is 1. The molecule has 7 heteroatoms. The van der Waals surface area contributed by atoms with Gasteiger partial charge < -0.3 is 15.2 Å². The fourth-order valence-corrected chi connectivity index (χ4v) is 1.80. The van der Waals surface area contributed by atoms with Gasteiger partial charge in [0.05, 0.1) is 25.2 Å². The van der Waals surface area contributed by atoms with Crippen LogP contribution in [0.5, 0.6) is 5.75 Å². The molecule has 0 aromatic heterocycles. The van der Waals surface area contributed by atoms with E-state index >= 15 is 0 Å². The number of alkyl halides is 3. The third-order valence-electron chi connectivity index (χ3n) is 3.06. The average Bonchev–Trinajstić information content (AvgIpc) is 3.21. The lowest BCUT2D eigenvalue weighted by Gasteiger charge is -2.15. The fourth-order valence-electron chi connectivity index (χ4n) is 1.80. The zero-order valence-electron chi connectivity index (χ0n) is 11.2. The first-order valence-corrected chi connectivity index (χ1v) is 6.63. The fraction of sp³-hybridized carbons (Fsp3) is 0.500. The normalized spacial score (nSPS) is 14.9. The molecule has 1 aromatic carbocycles. The van der Waals surface area contributed by atoms with Crippen LogP contribution in [-0.2, 0) is 17.6 Å². The number of carbonyl (C=O) groups is 1. The van der Waals surface area contributed by atoms with Crippen LogP contribution in [0, 0.1) is 0 Å². The second kappa shape index (κ2) is 6.34. The molecule has 0 atom stereocenters. The van der Waals surface area contributed by atoms with Crippen molar-refractivity contribution in [3.8, 4) is 5.75 Å². The molecule has 0 saturated heterocycles. The lowest BCUT2D eigenvalue weighted by Crippen LogP contribution is -2.26. The van der Waals surface area contributed by atoms with Crippen LogP contribution >= 0.6 is 0 Å². The van der Waals surface area contributed by atoms with E-state index in [9.17, 15) is 18.0 Å². The molecule has 21 heavy (non-hydrogen) atoms. The minimum atomic E-state index is -4.57. The number of benzene rings is 1. The lowest BCUT2D eigenvalue weighted by molar-refractivity contribution is -0.139. The summed E-state index contributed by atoms with van der Waals surface area (Å²) in [6.45, 7) is -0.604. The quantitative estimate of drug-likeness (QED) is 0.847. The molecule has 2 N–H and O–H groups in total. The molecule has 0 heterocycles. The van der Waals surface area contributed by atoms with Gasteiger partial charge in [-0.25, -0.2) is 0 Å². The largest absolute Gasteiger partial charge is 0.492 e. The molecule has 1 aromatic rings. The summed E-state index contributed by atoms with van der Waals surface area (Å²) in [5.41, 5.74) is -0.794. The number of ether oxygens (including phenoxy) is 1. The van der Waals surface area contributed by atoms with Crippen LogP contribution in [0.15, 0.2) is 18.2 Å². The topological polar surface area (TPSA) is 58.6 Å². The maximum Gasteiger partial charge on any atom is 0.419 e. The Bertz CT molecular complexity index is 513. The molecule has 0 aliphatic heterocycles. The number of rotatable bonds is 6. The SMILES string of the molecule is O=C(CCOc1ccc(CO)cc1C(F)(F)F)NC1CC1. The minimum Gasteiger partial charge on any atom is -0.492 e. The Kier molecular flexibility index (Phi) is 4.72. The third kappa shape index (κ3) is 4.63. The summed E-state index contributed by atoms with van der Waals surface area (Å²) in [7, 11) is 0. The van der Waals surface area contributed by atoms with Gasteiger partial charge >= 0.3 is 6.18 Å². The maximum absolute atomic E-state index is 12.9. The zero-order chi connectivity index (χ0) is 15.5. The number of carbonyl (C=O) groups excluding carboxylic acids is 1. The lowest BCUT2D eigenvalue weighted by atomic mass is 10.1. The summed E-state index contributed by atoms with van der Waals surface area (Å²) in [5.74, 6) is -0.558. The van der Waals surface area contributed by atoms with Crippen molar-refractivity contribution >= 4 is 5.91 Å². The van der Waals surface area contributed by atoms with Gasteiger partial charge in [-0.1, -0.05) is 6.07 Å². The number of amides is 1. The van der Waals surface area contributed by atoms with E-state index in [0.29, 0.717) is 0 Å². The van der Waals surface area contributed by atoms with Crippen LogP contribution in [0.1, 0.15) is 30.4 Å². The second-order valence-electron chi connectivity index (χ2n) is 4.93. The van der Waals surface area contributed by atoms with Crippen LogP contribution in [0.2, 0.25) is 0 Å².